The van der Waals surface area contributed by atoms with E-state index in [4.69, 9.17) is 16.0 Å². The van der Waals surface area contributed by atoms with Crippen molar-refractivity contribution in [2.24, 2.45) is 10.9 Å². The number of nitrogens with zero attached hydrogens (tertiary/aromatic N) is 3. The van der Waals surface area contributed by atoms with Gasteiger partial charge >= 0.3 is 0 Å². The van der Waals surface area contributed by atoms with Crippen LogP contribution in [0.25, 0.3) is 0 Å². The summed E-state index contributed by atoms with van der Waals surface area (Å²) in [5.74, 6) is -0.294. The van der Waals surface area contributed by atoms with Crippen LogP contribution in [-0.4, -0.2) is 51.1 Å². The Balaban J connectivity index is 2.98. The zero-order chi connectivity index (χ0) is 15.8. The monoisotopic (exact) mass is 294 g/mol. The lowest BCUT2D eigenvalue weighted by Crippen LogP contribution is -2.42. The number of amides is 1. The van der Waals surface area contributed by atoms with E-state index in [0.29, 0.717) is 5.56 Å². The second-order valence-electron chi connectivity index (χ2n) is 4.61. The van der Waals surface area contributed by atoms with Gasteiger partial charge in [-0.05, 0) is 25.0 Å². The van der Waals surface area contributed by atoms with Gasteiger partial charge in [0.25, 0.3) is 5.91 Å². The molecule has 1 rings (SSSR count). The molecule has 0 saturated heterocycles. The number of carbonyl (C=O) groups excluding carboxylic acids is 1. The molecule has 0 radical (unpaired) electrons. The van der Waals surface area contributed by atoms with Crippen LogP contribution in [0.1, 0.15) is 42.7 Å². The molecule has 0 saturated carbocycles. The van der Waals surface area contributed by atoms with Crippen LogP contribution in [0.4, 0.5) is 0 Å². The van der Waals surface area contributed by atoms with Crippen molar-refractivity contribution in [3.05, 3.63) is 29.6 Å². The number of rotatable bonds is 7. The molecule has 116 valence electrons. The summed E-state index contributed by atoms with van der Waals surface area (Å²) < 4.78 is 0. The van der Waals surface area contributed by atoms with Gasteiger partial charge in [-0.25, -0.2) is 0 Å². The van der Waals surface area contributed by atoms with E-state index in [1.54, 1.807) is 11.0 Å². The number of hydrogen-bond donors (Lipinski definition) is 3. The molecule has 0 aromatic carbocycles. The van der Waals surface area contributed by atoms with Gasteiger partial charge in [-0.2, -0.15) is 0 Å². The van der Waals surface area contributed by atoms with Crippen molar-refractivity contribution >= 4 is 11.7 Å². The van der Waals surface area contributed by atoms with Crippen LogP contribution >= 0.6 is 0 Å². The minimum Gasteiger partial charge on any atom is -0.409 e. The number of hydrogen-bond acceptors (Lipinski definition) is 5. The lowest BCUT2D eigenvalue weighted by atomic mass is 10.1. The van der Waals surface area contributed by atoms with Crippen molar-refractivity contribution in [1.82, 2.24) is 9.88 Å². The molecular formula is C14H22N4O3. The van der Waals surface area contributed by atoms with Crippen LogP contribution in [0.3, 0.4) is 0 Å². The second-order valence-corrected chi connectivity index (χ2v) is 4.61. The summed E-state index contributed by atoms with van der Waals surface area (Å²) in [4.78, 5) is 18.2. The summed E-state index contributed by atoms with van der Waals surface area (Å²) in [6.45, 7) is 4.18. The first-order valence-corrected chi connectivity index (χ1v) is 6.94. The van der Waals surface area contributed by atoms with Gasteiger partial charge in [-0.3, -0.25) is 9.78 Å². The van der Waals surface area contributed by atoms with Gasteiger partial charge in [0.05, 0.1) is 6.61 Å². The molecule has 0 aliphatic carbocycles. The number of aliphatic hydroxyl groups excluding tert-OH is 1. The predicted octanol–water partition coefficient (Wildman–Crippen LogP) is 0.799. The van der Waals surface area contributed by atoms with Crippen LogP contribution in [-0.2, 0) is 0 Å². The van der Waals surface area contributed by atoms with E-state index >= 15 is 0 Å². The standard InChI is InChI=1S/C14H22N4O3/c1-3-11(4-2)18(7-8-19)14(20)12-6-5-10(9-16-12)13(15)17-21/h5-6,9,11,19,21H,3-4,7-8H2,1-2H3,(H2,15,17). The molecule has 0 atom stereocenters. The van der Waals surface area contributed by atoms with Crippen molar-refractivity contribution < 1.29 is 15.1 Å². The van der Waals surface area contributed by atoms with Crippen LogP contribution in [0.15, 0.2) is 23.5 Å². The maximum atomic E-state index is 12.5. The zero-order valence-electron chi connectivity index (χ0n) is 12.4. The van der Waals surface area contributed by atoms with Gasteiger partial charge in [-0.1, -0.05) is 19.0 Å². The Morgan fingerprint density at radius 2 is 2.10 bits per heavy atom. The molecule has 1 heterocycles. The molecule has 0 spiro atoms. The van der Waals surface area contributed by atoms with Crippen molar-refractivity contribution in [2.75, 3.05) is 13.2 Å². The minimum absolute atomic E-state index is 0.0614. The topological polar surface area (TPSA) is 112 Å². The largest absolute Gasteiger partial charge is 0.409 e. The number of amidine groups is 1. The van der Waals surface area contributed by atoms with Crippen LogP contribution in [0, 0.1) is 0 Å². The molecule has 1 amide bonds. The van der Waals surface area contributed by atoms with E-state index in [0.717, 1.165) is 12.8 Å². The molecule has 0 unspecified atom stereocenters. The van der Waals surface area contributed by atoms with E-state index in [9.17, 15) is 4.79 Å². The first-order chi connectivity index (χ1) is 10.1. The van der Waals surface area contributed by atoms with Crippen molar-refractivity contribution in [3.8, 4) is 0 Å². The average molecular weight is 294 g/mol. The normalized spacial score (nSPS) is 11.7. The fourth-order valence-electron chi connectivity index (χ4n) is 2.16. The fraction of sp³-hybridized carbons (Fsp3) is 0.500. The highest BCUT2D eigenvalue weighted by atomic mass is 16.4. The maximum Gasteiger partial charge on any atom is 0.272 e. The smallest absolute Gasteiger partial charge is 0.272 e. The number of aromatic nitrogens is 1. The predicted molar refractivity (Wildman–Crippen MR) is 79.2 cm³/mol. The minimum atomic E-state index is -0.233. The molecule has 0 fully saturated rings. The SMILES string of the molecule is CCC(CC)N(CCO)C(=O)c1ccc(C(N)=NO)cn1. The summed E-state index contributed by atoms with van der Waals surface area (Å²) in [6, 6.07) is 3.16. The molecule has 0 bridgehead atoms. The van der Waals surface area contributed by atoms with Crippen molar-refractivity contribution in [2.45, 2.75) is 32.7 Å². The Kier molecular flexibility index (Phi) is 6.61. The molecule has 7 nitrogen and oxygen atoms in total. The summed E-state index contributed by atoms with van der Waals surface area (Å²) >= 11 is 0. The van der Waals surface area contributed by atoms with Gasteiger partial charge in [0.15, 0.2) is 5.84 Å². The molecule has 7 heteroatoms. The molecular weight excluding hydrogens is 272 g/mol. The Labute approximate surface area is 124 Å². The van der Waals surface area contributed by atoms with Crippen molar-refractivity contribution in [3.63, 3.8) is 0 Å². The fourth-order valence-corrected chi connectivity index (χ4v) is 2.16. The highest BCUT2D eigenvalue weighted by Gasteiger charge is 2.22. The molecule has 4 N–H and O–H groups in total. The van der Waals surface area contributed by atoms with E-state index < -0.39 is 0 Å². The Morgan fingerprint density at radius 1 is 1.43 bits per heavy atom. The van der Waals surface area contributed by atoms with Gasteiger partial charge in [-0.15, -0.1) is 0 Å². The molecule has 1 aromatic rings. The Hall–Kier alpha value is -2.15. The van der Waals surface area contributed by atoms with Crippen LogP contribution in [0.5, 0.6) is 0 Å². The van der Waals surface area contributed by atoms with E-state index in [1.165, 1.54) is 12.3 Å². The summed E-state index contributed by atoms with van der Waals surface area (Å²) in [5.41, 5.74) is 6.15. The molecule has 1 aromatic heterocycles. The quantitative estimate of drug-likeness (QED) is 0.298. The Bertz CT molecular complexity index is 483. The average Bonchev–Trinajstić information content (AvgIpc) is 2.53. The molecule has 0 aliphatic rings. The van der Waals surface area contributed by atoms with E-state index in [2.05, 4.69) is 10.1 Å². The number of aliphatic hydroxyl groups is 1. The zero-order valence-corrected chi connectivity index (χ0v) is 12.4. The highest BCUT2D eigenvalue weighted by Crippen LogP contribution is 2.12. The molecule has 0 aliphatic heterocycles. The third-order valence-electron chi connectivity index (χ3n) is 3.37. The van der Waals surface area contributed by atoms with Gasteiger partial charge in [0.2, 0.25) is 0 Å². The van der Waals surface area contributed by atoms with Gasteiger partial charge in [0.1, 0.15) is 5.69 Å². The highest BCUT2D eigenvalue weighted by molar-refractivity contribution is 5.98. The van der Waals surface area contributed by atoms with Crippen LogP contribution in [0.2, 0.25) is 0 Å². The summed E-state index contributed by atoms with van der Waals surface area (Å²) in [5, 5.41) is 20.6. The maximum absolute atomic E-state index is 12.5. The lowest BCUT2D eigenvalue weighted by Gasteiger charge is -2.29. The number of oxime groups is 1. The van der Waals surface area contributed by atoms with E-state index in [-0.39, 0.29) is 36.6 Å². The first kappa shape index (κ1) is 16.9. The lowest BCUT2D eigenvalue weighted by molar-refractivity contribution is 0.0616. The van der Waals surface area contributed by atoms with E-state index in [1.807, 2.05) is 13.8 Å². The Morgan fingerprint density at radius 3 is 2.52 bits per heavy atom. The van der Waals surface area contributed by atoms with Gasteiger partial charge < -0.3 is 20.9 Å². The number of nitrogens with two attached hydrogens (primary N) is 1. The third kappa shape index (κ3) is 4.16. The second kappa shape index (κ2) is 8.21. The van der Waals surface area contributed by atoms with Gasteiger partial charge in [0, 0.05) is 24.3 Å². The third-order valence-corrected chi connectivity index (χ3v) is 3.37. The molecule has 21 heavy (non-hydrogen) atoms. The summed E-state index contributed by atoms with van der Waals surface area (Å²) in [6.07, 6.45) is 3.00. The summed E-state index contributed by atoms with van der Waals surface area (Å²) in [7, 11) is 0. The van der Waals surface area contributed by atoms with Crippen LogP contribution < -0.4 is 5.73 Å². The first-order valence-electron chi connectivity index (χ1n) is 6.94. The van der Waals surface area contributed by atoms with Crippen molar-refractivity contribution in [1.29, 1.82) is 0 Å². The number of pyridine rings is 1. The number of carbonyl (C=O) groups is 1.